The van der Waals surface area contributed by atoms with Crippen LogP contribution in [0.4, 0.5) is 5.69 Å². The van der Waals surface area contributed by atoms with Crippen LogP contribution in [-0.2, 0) is 4.79 Å². The van der Waals surface area contributed by atoms with Crippen LogP contribution < -0.4 is 15.4 Å². The Labute approximate surface area is 122 Å². The molecule has 2 unspecified atom stereocenters. The van der Waals surface area contributed by atoms with E-state index in [1.165, 1.54) is 0 Å². The summed E-state index contributed by atoms with van der Waals surface area (Å²) in [5.41, 5.74) is 1.07. The third kappa shape index (κ3) is 2.85. The summed E-state index contributed by atoms with van der Waals surface area (Å²) < 4.78 is 5.31. The first kappa shape index (κ1) is 13.9. The second-order valence-corrected chi connectivity index (χ2v) is 5.50. The van der Waals surface area contributed by atoms with E-state index >= 15 is 0 Å². The molecular weight excluding hydrogens is 272 g/mol. The van der Waals surface area contributed by atoms with E-state index in [0.717, 1.165) is 19.3 Å². The molecule has 1 aliphatic carbocycles. The molecule has 1 aromatic carbocycles. The lowest BCUT2D eigenvalue weighted by Crippen LogP contribution is -2.38. The zero-order valence-electron chi connectivity index (χ0n) is 11.6. The molecule has 0 saturated heterocycles. The Morgan fingerprint density at radius 3 is 3.10 bits per heavy atom. The molecule has 21 heavy (non-hydrogen) atoms. The minimum atomic E-state index is -0.198. The van der Waals surface area contributed by atoms with Crippen LogP contribution in [0.1, 0.15) is 29.6 Å². The Morgan fingerprint density at radius 2 is 2.29 bits per heavy atom. The van der Waals surface area contributed by atoms with E-state index in [1.54, 1.807) is 18.2 Å². The molecule has 2 amide bonds. The minimum absolute atomic E-state index is 0.0270. The fraction of sp³-hybridized carbons (Fsp3) is 0.467. The van der Waals surface area contributed by atoms with Crippen molar-refractivity contribution >= 4 is 17.5 Å². The predicted octanol–water partition coefficient (Wildman–Crippen LogP) is 0.908. The van der Waals surface area contributed by atoms with Crippen LogP contribution in [0.5, 0.6) is 5.75 Å². The highest BCUT2D eigenvalue weighted by atomic mass is 16.5. The maximum atomic E-state index is 12.3. The summed E-state index contributed by atoms with van der Waals surface area (Å²) in [4.78, 5) is 23.5. The molecule has 1 fully saturated rings. The van der Waals surface area contributed by atoms with Crippen molar-refractivity contribution in [3.05, 3.63) is 23.8 Å². The van der Waals surface area contributed by atoms with Gasteiger partial charge in [-0.1, -0.05) is 6.42 Å². The number of anilines is 1. The molecule has 0 radical (unpaired) electrons. The molecule has 6 heteroatoms. The summed E-state index contributed by atoms with van der Waals surface area (Å²) in [6.45, 7) is 0.0670. The van der Waals surface area contributed by atoms with Gasteiger partial charge in [0.25, 0.3) is 11.8 Å². The Hall–Kier alpha value is -2.08. The van der Waals surface area contributed by atoms with Gasteiger partial charge in [-0.05, 0) is 31.0 Å². The lowest BCUT2D eigenvalue weighted by atomic mass is 10.0. The number of nitrogens with one attached hydrogen (secondary N) is 2. The molecule has 0 bridgehead atoms. The quantitative estimate of drug-likeness (QED) is 0.772. The molecule has 112 valence electrons. The Morgan fingerprint density at radius 1 is 1.43 bits per heavy atom. The first-order chi connectivity index (χ1) is 10.2. The fourth-order valence-corrected chi connectivity index (χ4v) is 2.91. The van der Waals surface area contributed by atoms with Gasteiger partial charge in [-0.15, -0.1) is 0 Å². The zero-order valence-corrected chi connectivity index (χ0v) is 11.6. The van der Waals surface area contributed by atoms with Crippen molar-refractivity contribution in [2.75, 3.05) is 18.5 Å². The van der Waals surface area contributed by atoms with Crippen molar-refractivity contribution in [2.45, 2.75) is 25.3 Å². The molecule has 2 atom stereocenters. The Bertz CT molecular complexity index is 573. The number of rotatable bonds is 3. The van der Waals surface area contributed by atoms with E-state index < -0.39 is 0 Å². The van der Waals surface area contributed by atoms with Crippen molar-refractivity contribution in [3.8, 4) is 5.75 Å². The van der Waals surface area contributed by atoms with E-state index in [1.807, 2.05) is 0 Å². The summed E-state index contributed by atoms with van der Waals surface area (Å²) >= 11 is 0. The van der Waals surface area contributed by atoms with Gasteiger partial charge in [0.2, 0.25) is 0 Å². The lowest BCUT2D eigenvalue weighted by Gasteiger charge is -2.21. The van der Waals surface area contributed by atoms with Gasteiger partial charge in [-0.25, -0.2) is 0 Å². The lowest BCUT2D eigenvalue weighted by molar-refractivity contribution is -0.118. The first-order valence-corrected chi connectivity index (χ1v) is 7.16. The van der Waals surface area contributed by atoms with Crippen LogP contribution in [-0.4, -0.2) is 36.2 Å². The van der Waals surface area contributed by atoms with Gasteiger partial charge in [-0.3, -0.25) is 9.59 Å². The van der Waals surface area contributed by atoms with Crippen LogP contribution in [0.3, 0.4) is 0 Å². The number of aliphatic hydroxyl groups is 1. The fourth-order valence-electron chi connectivity index (χ4n) is 2.91. The van der Waals surface area contributed by atoms with Crippen LogP contribution in [0.15, 0.2) is 18.2 Å². The third-order valence-electron chi connectivity index (χ3n) is 4.09. The van der Waals surface area contributed by atoms with Gasteiger partial charge in [0.05, 0.1) is 5.69 Å². The van der Waals surface area contributed by atoms with E-state index in [0.29, 0.717) is 17.0 Å². The van der Waals surface area contributed by atoms with Crippen LogP contribution in [0.2, 0.25) is 0 Å². The normalized spacial score (nSPS) is 24.0. The predicted molar refractivity (Wildman–Crippen MR) is 76.2 cm³/mol. The smallest absolute Gasteiger partial charge is 0.262 e. The maximum Gasteiger partial charge on any atom is 0.262 e. The van der Waals surface area contributed by atoms with Gasteiger partial charge in [0, 0.05) is 24.1 Å². The number of aliphatic hydroxyl groups excluding tert-OH is 1. The van der Waals surface area contributed by atoms with Gasteiger partial charge in [0.1, 0.15) is 5.75 Å². The van der Waals surface area contributed by atoms with E-state index in [4.69, 9.17) is 4.74 Å². The molecule has 1 aliphatic heterocycles. The Kier molecular flexibility index (Phi) is 3.79. The van der Waals surface area contributed by atoms with Gasteiger partial charge < -0.3 is 20.5 Å². The summed E-state index contributed by atoms with van der Waals surface area (Å²) in [6.07, 6.45) is 2.87. The molecule has 0 aromatic heterocycles. The summed E-state index contributed by atoms with van der Waals surface area (Å²) in [5, 5.41) is 14.9. The highest BCUT2D eigenvalue weighted by Gasteiger charge is 2.28. The number of carbonyl (C=O) groups is 2. The SMILES string of the molecule is O=C1COc2cc(C(=O)NC3CCCC3CO)ccc2N1. The second kappa shape index (κ2) is 5.73. The average Bonchev–Trinajstić information content (AvgIpc) is 2.93. The van der Waals surface area contributed by atoms with Gasteiger partial charge in [0.15, 0.2) is 6.61 Å². The van der Waals surface area contributed by atoms with Crippen LogP contribution in [0.25, 0.3) is 0 Å². The van der Waals surface area contributed by atoms with Crippen LogP contribution in [0, 0.1) is 5.92 Å². The highest BCUT2D eigenvalue weighted by molar-refractivity contribution is 5.99. The number of ether oxygens (including phenoxy) is 1. The zero-order chi connectivity index (χ0) is 14.8. The summed E-state index contributed by atoms with van der Waals surface area (Å²) in [5.74, 6) is 0.273. The topological polar surface area (TPSA) is 87.7 Å². The molecule has 1 aromatic rings. The van der Waals surface area contributed by atoms with Crippen molar-refractivity contribution in [1.82, 2.24) is 5.32 Å². The summed E-state index contributed by atoms with van der Waals surface area (Å²) in [6, 6.07) is 4.98. The van der Waals surface area contributed by atoms with Crippen LogP contribution >= 0.6 is 0 Å². The third-order valence-corrected chi connectivity index (χ3v) is 4.09. The van der Waals surface area contributed by atoms with Gasteiger partial charge >= 0.3 is 0 Å². The molecule has 0 spiro atoms. The molecule has 1 saturated carbocycles. The molecule has 6 nitrogen and oxygen atoms in total. The largest absolute Gasteiger partial charge is 0.482 e. The number of amides is 2. The Balaban J connectivity index is 1.72. The number of hydrogen-bond acceptors (Lipinski definition) is 4. The molecule has 3 N–H and O–H groups in total. The second-order valence-electron chi connectivity index (χ2n) is 5.50. The van der Waals surface area contributed by atoms with Crippen molar-refractivity contribution < 1.29 is 19.4 Å². The summed E-state index contributed by atoms with van der Waals surface area (Å²) in [7, 11) is 0. The number of benzene rings is 1. The molecule has 3 rings (SSSR count). The highest BCUT2D eigenvalue weighted by Crippen LogP contribution is 2.29. The van der Waals surface area contributed by atoms with E-state index in [-0.39, 0.29) is 37.0 Å². The number of fused-ring (bicyclic) bond motifs is 1. The number of hydrogen-bond donors (Lipinski definition) is 3. The van der Waals surface area contributed by atoms with Gasteiger partial charge in [-0.2, -0.15) is 0 Å². The number of carbonyl (C=O) groups excluding carboxylic acids is 2. The van der Waals surface area contributed by atoms with Crippen molar-refractivity contribution in [1.29, 1.82) is 0 Å². The monoisotopic (exact) mass is 290 g/mol. The minimum Gasteiger partial charge on any atom is -0.482 e. The first-order valence-electron chi connectivity index (χ1n) is 7.16. The molecular formula is C15H18N2O4. The maximum absolute atomic E-state index is 12.3. The van der Waals surface area contributed by atoms with Crippen molar-refractivity contribution in [3.63, 3.8) is 0 Å². The molecule has 2 aliphatic rings. The average molecular weight is 290 g/mol. The van der Waals surface area contributed by atoms with E-state index in [2.05, 4.69) is 10.6 Å². The van der Waals surface area contributed by atoms with E-state index in [9.17, 15) is 14.7 Å². The standard InChI is InChI=1S/C15H18N2O4/c18-7-10-2-1-3-11(10)17-15(20)9-4-5-12-13(6-9)21-8-14(19)16-12/h4-6,10-11,18H,1-3,7-8H2,(H,16,19)(H,17,20). The molecule has 1 heterocycles. The van der Waals surface area contributed by atoms with Crippen molar-refractivity contribution in [2.24, 2.45) is 5.92 Å².